The SMILES string of the molecule is Cc1ccc(C2NCCn3c(-c4ccccc4)c4c(=O)n(C)c(=O)n(C)c4c32)s1. The third-order valence-electron chi connectivity index (χ3n) is 5.75. The number of aromatic nitrogens is 3. The molecule has 3 aromatic heterocycles. The standard InChI is InChI=1S/C22H22N4O2S/c1-13-9-10-15(29-13)17-20-19-16(21(27)25(3)22(28)24(19)2)18(26(20)12-11-23-17)14-7-5-4-6-8-14/h4-10,17,23H,11-12H2,1-3H3. The van der Waals surface area contributed by atoms with Crippen molar-refractivity contribution in [1.29, 1.82) is 0 Å². The fourth-order valence-corrected chi connectivity index (χ4v) is 5.38. The number of nitrogens with zero attached hydrogens (tertiary/aromatic N) is 3. The highest BCUT2D eigenvalue weighted by atomic mass is 32.1. The average Bonchev–Trinajstić information content (AvgIpc) is 3.32. The van der Waals surface area contributed by atoms with Gasteiger partial charge in [0.15, 0.2) is 0 Å². The minimum atomic E-state index is -0.304. The Morgan fingerprint density at radius 2 is 1.79 bits per heavy atom. The Balaban J connectivity index is 1.97. The summed E-state index contributed by atoms with van der Waals surface area (Å²) < 4.78 is 5.06. The van der Waals surface area contributed by atoms with Gasteiger partial charge in [0.05, 0.1) is 28.3 Å². The molecule has 4 aromatic rings. The molecule has 0 fully saturated rings. The van der Waals surface area contributed by atoms with E-state index in [0.717, 1.165) is 35.6 Å². The molecular weight excluding hydrogens is 384 g/mol. The van der Waals surface area contributed by atoms with E-state index >= 15 is 0 Å². The van der Waals surface area contributed by atoms with E-state index in [-0.39, 0.29) is 17.3 Å². The second-order valence-electron chi connectivity index (χ2n) is 7.52. The molecule has 5 rings (SSSR count). The van der Waals surface area contributed by atoms with Gasteiger partial charge in [0.1, 0.15) is 0 Å². The lowest BCUT2D eigenvalue weighted by Crippen LogP contribution is -2.38. The maximum atomic E-state index is 13.3. The van der Waals surface area contributed by atoms with Gasteiger partial charge in [-0.15, -0.1) is 11.3 Å². The van der Waals surface area contributed by atoms with Crippen LogP contribution in [0.3, 0.4) is 0 Å². The molecule has 148 valence electrons. The topological polar surface area (TPSA) is 61.0 Å². The summed E-state index contributed by atoms with van der Waals surface area (Å²) in [7, 11) is 3.30. The van der Waals surface area contributed by atoms with Crippen molar-refractivity contribution in [2.75, 3.05) is 6.54 Å². The summed E-state index contributed by atoms with van der Waals surface area (Å²) in [4.78, 5) is 28.5. The van der Waals surface area contributed by atoms with Crippen LogP contribution in [-0.4, -0.2) is 20.2 Å². The Hall–Kier alpha value is -2.90. The van der Waals surface area contributed by atoms with Gasteiger partial charge in [-0.05, 0) is 24.6 Å². The number of hydrogen-bond acceptors (Lipinski definition) is 4. The van der Waals surface area contributed by atoms with Crippen LogP contribution >= 0.6 is 11.3 Å². The van der Waals surface area contributed by atoms with Crippen LogP contribution in [0.5, 0.6) is 0 Å². The molecule has 0 aliphatic carbocycles. The number of benzene rings is 1. The molecule has 0 bridgehead atoms. The molecule has 0 saturated heterocycles. The lowest BCUT2D eigenvalue weighted by Gasteiger charge is -2.27. The number of rotatable bonds is 2. The van der Waals surface area contributed by atoms with Crippen molar-refractivity contribution in [3.63, 3.8) is 0 Å². The van der Waals surface area contributed by atoms with Crippen molar-refractivity contribution < 1.29 is 0 Å². The van der Waals surface area contributed by atoms with Gasteiger partial charge >= 0.3 is 5.69 Å². The summed E-state index contributed by atoms with van der Waals surface area (Å²) in [6, 6.07) is 14.2. The molecule has 0 amide bonds. The predicted molar refractivity (Wildman–Crippen MR) is 117 cm³/mol. The van der Waals surface area contributed by atoms with Crippen molar-refractivity contribution in [1.82, 2.24) is 19.0 Å². The molecule has 1 aliphatic heterocycles. The van der Waals surface area contributed by atoms with Crippen molar-refractivity contribution in [3.05, 3.63) is 78.8 Å². The normalized spacial score (nSPS) is 16.3. The fraction of sp³-hybridized carbons (Fsp3) is 0.273. The van der Waals surface area contributed by atoms with Gasteiger partial charge in [0.2, 0.25) is 0 Å². The predicted octanol–water partition coefficient (Wildman–Crippen LogP) is 2.77. The molecule has 1 N–H and O–H groups in total. The smallest absolute Gasteiger partial charge is 0.331 e. The third kappa shape index (κ3) is 2.58. The highest BCUT2D eigenvalue weighted by Gasteiger charge is 2.32. The lowest BCUT2D eigenvalue weighted by molar-refractivity contribution is 0.475. The first-order valence-electron chi connectivity index (χ1n) is 9.66. The van der Waals surface area contributed by atoms with Crippen LogP contribution in [0.1, 0.15) is 21.5 Å². The van der Waals surface area contributed by atoms with Crippen LogP contribution in [-0.2, 0) is 20.6 Å². The van der Waals surface area contributed by atoms with E-state index in [1.165, 1.54) is 14.3 Å². The summed E-state index contributed by atoms with van der Waals surface area (Å²) in [5.74, 6) is 0. The minimum Gasteiger partial charge on any atom is -0.339 e. The Kier molecular flexibility index (Phi) is 4.11. The maximum Gasteiger partial charge on any atom is 0.331 e. The van der Waals surface area contributed by atoms with Crippen LogP contribution in [0.4, 0.5) is 0 Å². The first kappa shape index (κ1) is 18.1. The van der Waals surface area contributed by atoms with Crippen molar-refractivity contribution in [2.24, 2.45) is 14.1 Å². The number of thiophene rings is 1. The molecule has 0 spiro atoms. The van der Waals surface area contributed by atoms with E-state index in [1.54, 1.807) is 30.0 Å². The summed E-state index contributed by atoms with van der Waals surface area (Å²) >= 11 is 1.74. The quantitative estimate of drug-likeness (QED) is 0.557. The fourth-order valence-electron chi connectivity index (χ4n) is 4.42. The van der Waals surface area contributed by atoms with Crippen LogP contribution in [0, 0.1) is 6.92 Å². The monoisotopic (exact) mass is 406 g/mol. The molecule has 1 aliphatic rings. The summed E-state index contributed by atoms with van der Waals surface area (Å²) in [6.45, 7) is 3.63. The maximum absolute atomic E-state index is 13.3. The average molecular weight is 407 g/mol. The number of nitrogens with one attached hydrogen (secondary N) is 1. The molecule has 0 saturated carbocycles. The summed E-state index contributed by atoms with van der Waals surface area (Å²) in [5, 5.41) is 4.22. The molecule has 6 nitrogen and oxygen atoms in total. The second-order valence-corrected chi connectivity index (χ2v) is 8.84. The van der Waals surface area contributed by atoms with Crippen LogP contribution in [0.2, 0.25) is 0 Å². The Morgan fingerprint density at radius 3 is 2.48 bits per heavy atom. The van der Waals surface area contributed by atoms with Crippen LogP contribution < -0.4 is 16.6 Å². The first-order chi connectivity index (χ1) is 14.0. The first-order valence-corrected chi connectivity index (χ1v) is 10.5. The van der Waals surface area contributed by atoms with E-state index in [9.17, 15) is 9.59 Å². The zero-order valence-corrected chi connectivity index (χ0v) is 17.4. The highest BCUT2D eigenvalue weighted by molar-refractivity contribution is 7.12. The molecule has 1 atom stereocenters. The van der Waals surface area contributed by atoms with E-state index in [0.29, 0.717) is 5.39 Å². The molecule has 29 heavy (non-hydrogen) atoms. The van der Waals surface area contributed by atoms with Crippen LogP contribution in [0.15, 0.2) is 52.1 Å². The summed E-state index contributed by atoms with van der Waals surface area (Å²) in [5.41, 5.74) is 3.05. The molecular formula is C22H22N4O2S. The van der Waals surface area contributed by atoms with Gasteiger partial charge in [-0.2, -0.15) is 0 Å². The van der Waals surface area contributed by atoms with Gasteiger partial charge in [-0.1, -0.05) is 30.3 Å². The molecule has 7 heteroatoms. The van der Waals surface area contributed by atoms with E-state index in [2.05, 4.69) is 28.9 Å². The van der Waals surface area contributed by atoms with Gasteiger partial charge in [0.25, 0.3) is 5.56 Å². The van der Waals surface area contributed by atoms with E-state index in [1.807, 2.05) is 30.3 Å². The second kappa shape index (κ2) is 6.57. The molecule has 1 unspecified atom stereocenters. The van der Waals surface area contributed by atoms with E-state index in [4.69, 9.17) is 0 Å². The van der Waals surface area contributed by atoms with E-state index < -0.39 is 0 Å². The van der Waals surface area contributed by atoms with Gasteiger partial charge in [-0.25, -0.2) is 4.79 Å². The van der Waals surface area contributed by atoms with Gasteiger partial charge < -0.3 is 9.88 Å². The third-order valence-corrected chi connectivity index (χ3v) is 6.82. The Morgan fingerprint density at radius 1 is 1.03 bits per heavy atom. The van der Waals surface area contributed by atoms with Crippen LogP contribution in [0.25, 0.3) is 22.2 Å². The van der Waals surface area contributed by atoms with Crippen molar-refractivity contribution in [3.8, 4) is 11.3 Å². The molecule has 0 radical (unpaired) electrons. The minimum absolute atomic E-state index is 0.0554. The summed E-state index contributed by atoms with van der Waals surface area (Å²) in [6.07, 6.45) is 0. The highest BCUT2D eigenvalue weighted by Crippen LogP contribution is 2.39. The van der Waals surface area contributed by atoms with Crippen molar-refractivity contribution >= 4 is 22.2 Å². The van der Waals surface area contributed by atoms with Gasteiger partial charge in [-0.3, -0.25) is 13.9 Å². The Bertz CT molecular complexity index is 1360. The Labute approximate surface area is 171 Å². The zero-order valence-electron chi connectivity index (χ0n) is 16.6. The number of aryl methyl sites for hydroxylation is 2. The lowest BCUT2D eigenvalue weighted by atomic mass is 10.1. The van der Waals surface area contributed by atoms with Crippen molar-refractivity contribution in [2.45, 2.75) is 19.5 Å². The molecule has 1 aromatic carbocycles. The number of fused-ring (bicyclic) bond motifs is 3. The number of hydrogen-bond donors (Lipinski definition) is 1. The van der Waals surface area contributed by atoms with Gasteiger partial charge in [0, 0.05) is 36.9 Å². The zero-order chi connectivity index (χ0) is 20.3. The largest absolute Gasteiger partial charge is 0.339 e. The molecule has 4 heterocycles.